The van der Waals surface area contributed by atoms with Crippen LogP contribution in [0.15, 0.2) is 4.52 Å². The highest BCUT2D eigenvalue weighted by molar-refractivity contribution is 6.67. The monoisotopic (exact) mass is 413 g/mol. The molecule has 28 heavy (non-hydrogen) atoms. The van der Waals surface area contributed by atoms with E-state index >= 15 is 0 Å². The predicted molar refractivity (Wildman–Crippen MR) is 107 cm³/mol. The van der Waals surface area contributed by atoms with Crippen LogP contribution in [0.3, 0.4) is 0 Å². The van der Waals surface area contributed by atoms with Crippen molar-refractivity contribution in [2.75, 3.05) is 13.2 Å². The van der Waals surface area contributed by atoms with Crippen LogP contribution in [-0.2, 0) is 14.3 Å². The molecule has 0 aromatic carbocycles. The fraction of sp³-hybridized carbons (Fsp3) is 0.762. The van der Waals surface area contributed by atoms with E-state index in [9.17, 15) is 9.59 Å². The highest BCUT2D eigenvalue weighted by atomic mass is 35.5. The van der Waals surface area contributed by atoms with E-state index in [2.05, 4.69) is 12.1 Å². The normalized spacial score (nSPS) is 15.5. The lowest BCUT2D eigenvalue weighted by molar-refractivity contribution is -0.155. The van der Waals surface area contributed by atoms with E-state index in [1.807, 2.05) is 20.8 Å². The van der Waals surface area contributed by atoms with Crippen LogP contribution < -0.4 is 0 Å². The average Bonchev–Trinajstić information content (AvgIpc) is 3.33. The molecule has 7 heteroatoms. The molecular weight excluding hydrogens is 382 g/mol. The molecule has 1 aliphatic carbocycles. The second kappa shape index (κ2) is 10.4. The SMILES string of the molecule is CCCCOCCC[C@@H](CC(=O)OC(C)(C)C)c1noc(C(=O)Cl)c1C1CC1. The third-order valence-corrected chi connectivity index (χ3v) is 4.79. The van der Waals surface area contributed by atoms with Crippen LogP contribution in [0.5, 0.6) is 0 Å². The van der Waals surface area contributed by atoms with Crippen molar-refractivity contribution in [3.8, 4) is 0 Å². The summed E-state index contributed by atoms with van der Waals surface area (Å²) in [6, 6.07) is 0. The molecule has 1 aromatic rings. The molecule has 0 aliphatic heterocycles. The number of esters is 1. The first-order chi connectivity index (χ1) is 13.2. The summed E-state index contributed by atoms with van der Waals surface area (Å²) in [5.74, 6) is -0.116. The Hall–Kier alpha value is -1.40. The number of hydrogen-bond donors (Lipinski definition) is 0. The van der Waals surface area contributed by atoms with Crippen molar-refractivity contribution in [3.05, 3.63) is 17.0 Å². The zero-order valence-corrected chi connectivity index (χ0v) is 18.1. The maximum atomic E-state index is 12.4. The Kier molecular flexibility index (Phi) is 8.50. The fourth-order valence-electron chi connectivity index (χ4n) is 3.21. The number of aromatic nitrogens is 1. The zero-order valence-electron chi connectivity index (χ0n) is 17.4. The van der Waals surface area contributed by atoms with Crippen molar-refractivity contribution in [2.24, 2.45) is 0 Å². The largest absolute Gasteiger partial charge is 0.460 e. The van der Waals surface area contributed by atoms with Crippen LogP contribution in [0.1, 0.15) is 106 Å². The molecule has 1 fully saturated rings. The van der Waals surface area contributed by atoms with E-state index < -0.39 is 10.8 Å². The van der Waals surface area contributed by atoms with Crippen molar-refractivity contribution in [3.63, 3.8) is 0 Å². The molecule has 1 saturated carbocycles. The van der Waals surface area contributed by atoms with Crippen molar-refractivity contribution in [1.29, 1.82) is 0 Å². The molecule has 0 bridgehead atoms. The highest BCUT2D eigenvalue weighted by Gasteiger charge is 2.37. The van der Waals surface area contributed by atoms with Crippen LogP contribution in [0.4, 0.5) is 0 Å². The molecule has 0 unspecified atom stereocenters. The molecule has 1 aliphatic rings. The minimum absolute atomic E-state index is 0.118. The molecule has 158 valence electrons. The van der Waals surface area contributed by atoms with Gasteiger partial charge in [-0.2, -0.15) is 0 Å². The number of hydrogen-bond acceptors (Lipinski definition) is 6. The Bertz CT molecular complexity index is 660. The first-order valence-electron chi connectivity index (χ1n) is 10.2. The van der Waals surface area contributed by atoms with Crippen molar-refractivity contribution in [1.82, 2.24) is 5.16 Å². The van der Waals surface area contributed by atoms with E-state index in [0.717, 1.165) is 44.3 Å². The number of ether oxygens (including phenoxy) is 2. The van der Waals surface area contributed by atoms with Gasteiger partial charge in [0.1, 0.15) is 5.60 Å². The Morgan fingerprint density at radius 2 is 1.93 bits per heavy atom. The number of carbonyl (C=O) groups excluding carboxylic acids is 2. The Morgan fingerprint density at radius 1 is 1.25 bits per heavy atom. The summed E-state index contributed by atoms with van der Waals surface area (Å²) in [7, 11) is 0. The summed E-state index contributed by atoms with van der Waals surface area (Å²) in [4.78, 5) is 24.2. The molecular formula is C21H32ClNO5. The van der Waals surface area contributed by atoms with Gasteiger partial charge in [0, 0.05) is 24.7 Å². The Balaban J connectivity index is 2.11. The maximum Gasteiger partial charge on any atom is 0.306 e. The molecule has 0 N–H and O–H groups in total. The first kappa shape index (κ1) is 22.9. The van der Waals surface area contributed by atoms with Crippen LogP contribution >= 0.6 is 11.6 Å². The number of halogens is 1. The van der Waals surface area contributed by atoms with Gasteiger partial charge in [-0.25, -0.2) is 0 Å². The summed E-state index contributed by atoms with van der Waals surface area (Å²) in [6.07, 6.45) is 5.77. The molecule has 1 atom stereocenters. The summed E-state index contributed by atoms with van der Waals surface area (Å²) in [5, 5.41) is 3.51. The smallest absolute Gasteiger partial charge is 0.306 e. The van der Waals surface area contributed by atoms with Gasteiger partial charge in [0.15, 0.2) is 0 Å². The standard InChI is InChI=1S/C21H32ClNO5/c1-5-6-11-26-12-7-8-15(13-16(24)27-21(2,3)4)18-17(14-9-10-14)19(20(22)25)28-23-18/h14-15H,5-13H2,1-4H3/t15-/m0/s1. The lowest BCUT2D eigenvalue weighted by atomic mass is 9.91. The maximum absolute atomic E-state index is 12.4. The fourth-order valence-corrected chi connectivity index (χ4v) is 3.35. The Labute approximate surface area is 172 Å². The lowest BCUT2D eigenvalue weighted by Crippen LogP contribution is -2.25. The number of unbranched alkanes of at least 4 members (excludes halogenated alkanes) is 1. The molecule has 0 amide bonds. The van der Waals surface area contributed by atoms with E-state index in [0.29, 0.717) is 18.7 Å². The number of carbonyl (C=O) groups is 2. The average molecular weight is 414 g/mol. The zero-order chi connectivity index (χ0) is 20.7. The van der Waals surface area contributed by atoms with Crippen LogP contribution in [0.2, 0.25) is 0 Å². The van der Waals surface area contributed by atoms with Gasteiger partial charge in [-0.1, -0.05) is 18.5 Å². The molecule has 0 radical (unpaired) electrons. The van der Waals surface area contributed by atoms with E-state index in [1.54, 1.807) is 0 Å². The summed E-state index contributed by atoms with van der Waals surface area (Å²) < 4.78 is 16.4. The molecule has 6 nitrogen and oxygen atoms in total. The van der Waals surface area contributed by atoms with Gasteiger partial charge in [0.05, 0.1) is 12.1 Å². The molecule has 1 heterocycles. The third-order valence-electron chi connectivity index (χ3n) is 4.62. The second-order valence-electron chi connectivity index (χ2n) is 8.45. The quantitative estimate of drug-likeness (QED) is 0.261. The highest BCUT2D eigenvalue weighted by Crippen LogP contribution is 2.46. The van der Waals surface area contributed by atoms with Gasteiger partial charge in [-0.05, 0) is 70.4 Å². The van der Waals surface area contributed by atoms with Crippen molar-refractivity contribution < 1.29 is 23.6 Å². The third kappa shape index (κ3) is 7.21. The van der Waals surface area contributed by atoms with Gasteiger partial charge in [0.2, 0.25) is 5.76 Å². The van der Waals surface area contributed by atoms with Crippen molar-refractivity contribution >= 4 is 22.8 Å². The van der Waals surface area contributed by atoms with E-state index in [4.69, 9.17) is 25.6 Å². The van der Waals surface area contributed by atoms with E-state index in [-0.39, 0.29) is 30.0 Å². The number of nitrogens with zero attached hydrogens (tertiary/aromatic N) is 1. The predicted octanol–water partition coefficient (Wildman–Crippen LogP) is 5.34. The number of rotatable bonds is 12. The Morgan fingerprint density at radius 3 is 2.50 bits per heavy atom. The van der Waals surface area contributed by atoms with Crippen LogP contribution in [0.25, 0.3) is 0 Å². The minimum atomic E-state index is -0.639. The van der Waals surface area contributed by atoms with Gasteiger partial charge in [-0.15, -0.1) is 0 Å². The first-order valence-corrected chi connectivity index (χ1v) is 10.6. The molecule has 0 saturated heterocycles. The van der Waals surface area contributed by atoms with Gasteiger partial charge >= 0.3 is 5.97 Å². The van der Waals surface area contributed by atoms with Gasteiger partial charge in [-0.3, -0.25) is 9.59 Å². The summed E-state index contributed by atoms with van der Waals surface area (Å²) in [6.45, 7) is 9.03. The van der Waals surface area contributed by atoms with Gasteiger partial charge in [0.25, 0.3) is 5.24 Å². The van der Waals surface area contributed by atoms with Crippen molar-refractivity contribution in [2.45, 2.75) is 90.1 Å². The van der Waals surface area contributed by atoms with Crippen LogP contribution in [0, 0.1) is 0 Å². The van der Waals surface area contributed by atoms with Gasteiger partial charge < -0.3 is 14.0 Å². The molecule has 0 spiro atoms. The topological polar surface area (TPSA) is 78.6 Å². The van der Waals surface area contributed by atoms with Crippen LogP contribution in [-0.4, -0.2) is 35.2 Å². The summed E-state index contributed by atoms with van der Waals surface area (Å²) in [5.41, 5.74) is 0.900. The second-order valence-corrected chi connectivity index (χ2v) is 8.80. The summed E-state index contributed by atoms with van der Waals surface area (Å²) >= 11 is 5.68. The molecule has 2 rings (SSSR count). The lowest BCUT2D eigenvalue weighted by Gasteiger charge is -2.22. The van der Waals surface area contributed by atoms with E-state index in [1.165, 1.54) is 0 Å². The minimum Gasteiger partial charge on any atom is -0.460 e. The molecule has 1 aromatic heterocycles.